The molecule has 0 saturated carbocycles. The van der Waals surface area contributed by atoms with Crippen LogP contribution in [0.3, 0.4) is 0 Å². The highest BCUT2D eigenvalue weighted by Crippen LogP contribution is 2.33. The van der Waals surface area contributed by atoms with E-state index in [1.54, 1.807) is 12.4 Å². The molecule has 9 nitrogen and oxygen atoms in total. The fourth-order valence-electron chi connectivity index (χ4n) is 5.48. The number of hydrogen-bond acceptors (Lipinski definition) is 7. The van der Waals surface area contributed by atoms with Crippen molar-refractivity contribution in [3.8, 4) is 28.4 Å². The van der Waals surface area contributed by atoms with E-state index in [4.69, 9.17) is 9.72 Å². The second-order valence-corrected chi connectivity index (χ2v) is 10.1. The molecule has 1 saturated heterocycles. The molecule has 7 rings (SSSR count). The van der Waals surface area contributed by atoms with Crippen molar-refractivity contribution in [2.75, 3.05) is 39.3 Å². The first-order chi connectivity index (χ1) is 19.2. The number of aromatic nitrogens is 6. The smallest absolute Gasteiger partial charge is 0.159 e. The number of rotatable bonds is 7. The summed E-state index contributed by atoms with van der Waals surface area (Å²) in [7, 11) is 0. The Balaban J connectivity index is 1.22. The molecule has 0 radical (unpaired) electrons. The number of imidazole rings is 1. The third kappa shape index (κ3) is 4.77. The zero-order chi connectivity index (χ0) is 26.2. The molecule has 0 unspecified atom stereocenters. The summed E-state index contributed by atoms with van der Waals surface area (Å²) in [4.78, 5) is 19.7. The van der Waals surface area contributed by atoms with Gasteiger partial charge in [-0.1, -0.05) is 6.08 Å². The van der Waals surface area contributed by atoms with Crippen LogP contribution in [0.5, 0.6) is 5.75 Å². The molecule has 10 heteroatoms. The standard InChI is InChI=1S/C29H29FN8O/c30-20-11-19(12-21(13-20)39-10-9-38-7-1-2-8-38)23-15-32-16-26-27(23)35-29(34-26)28-22-14-24(18-3-5-31-6-4-18)33-17-25(22)36-37-28/h3,11-17,31H,1-2,4-10H2,(H,34,35)(H,36,37). The lowest BCUT2D eigenvalue weighted by atomic mass is 10.0. The van der Waals surface area contributed by atoms with Gasteiger partial charge in [0.25, 0.3) is 0 Å². The molecule has 3 N–H and O–H groups in total. The van der Waals surface area contributed by atoms with E-state index >= 15 is 0 Å². The molecule has 6 heterocycles. The summed E-state index contributed by atoms with van der Waals surface area (Å²) in [5.41, 5.74) is 6.54. The van der Waals surface area contributed by atoms with Crippen molar-refractivity contribution in [3.63, 3.8) is 0 Å². The predicted octanol–water partition coefficient (Wildman–Crippen LogP) is 4.55. The fraction of sp³-hybridized carbons (Fsp3) is 0.310. The highest BCUT2D eigenvalue weighted by atomic mass is 19.1. The van der Waals surface area contributed by atoms with Gasteiger partial charge in [-0.3, -0.25) is 20.0 Å². The van der Waals surface area contributed by atoms with Gasteiger partial charge in [0.05, 0.1) is 34.6 Å². The highest BCUT2D eigenvalue weighted by Gasteiger charge is 2.18. The van der Waals surface area contributed by atoms with Crippen LogP contribution in [0.2, 0.25) is 0 Å². The number of likely N-dealkylation sites (tertiary alicyclic amines) is 1. The number of halogens is 1. The first-order valence-electron chi connectivity index (χ1n) is 13.5. The summed E-state index contributed by atoms with van der Waals surface area (Å²) in [6.07, 6.45) is 10.8. The first-order valence-corrected chi connectivity index (χ1v) is 13.5. The molecule has 5 aromatic rings. The summed E-state index contributed by atoms with van der Waals surface area (Å²) < 4.78 is 20.6. The van der Waals surface area contributed by atoms with Gasteiger partial charge < -0.3 is 15.0 Å². The predicted molar refractivity (Wildman–Crippen MR) is 149 cm³/mol. The van der Waals surface area contributed by atoms with E-state index in [2.05, 4.69) is 47.5 Å². The lowest BCUT2D eigenvalue weighted by Crippen LogP contribution is -2.25. The topological polar surface area (TPSA) is 108 Å². The van der Waals surface area contributed by atoms with Gasteiger partial charge in [-0.05, 0) is 68.2 Å². The van der Waals surface area contributed by atoms with Crippen LogP contribution in [-0.2, 0) is 0 Å². The van der Waals surface area contributed by atoms with Crippen molar-refractivity contribution in [3.05, 3.63) is 60.4 Å². The van der Waals surface area contributed by atoms with E-state index in [9.17, 15) is 4.39 Å². The number of H-pyrrole nitrogens is 2. The lowest BCUT2D eigenvalue weighted by Gasteiger charge is -2.15. The van der Waals surface area contributed by atoms with Gasteiger partial charge in [-0.25, -0.2) is 9.37 Å². The maximum atomic E-state index is 14.7. The number of benzene rings is 1. The van der Waals surface area contributed by atoms with Gasteiger partial charge in [-0.2, -0.15) is 5.10 Å². The Morgan fingerprint density at radius 2 is 1.95 bits per heavy atom. The first kappa shape index (κ1) is 23.9. The van der Waals surface area contributed by atoms with Gasteiger partial charge in [0.1, 0.15) is 23.9 Å². The minimum Gasteiger partial charge on any atom is -0.492 e. The molecule has 0 amide bonds. The summed E-state index contributed by atoms with van der Waals surface area (Å²) in [5.74, 6) is 0.755. The van der Waals surface area contributed by atoms with Crippen molar-refractivity contribution in [1.82, 2.24) is 40.3 Å². The van der Waals surface area contributed by atoms with Gasteiger partial charge in [-0.15, -0.1) is 0 Å². The normalized spacial score (nSPS) is 16.3. The summed E-state index contributed by atoms with van der Waals surface area (Å²) >= 11 is 0. The molecule has 2 aliphatic rings. The Kier molecular flexibility index (Phi) is 6.26. The molecule has 0 spiro atoms. The quantitative estimate of drug-likeness (QED) is 0.287. The minimum atomic E-state index is -0.359. The zero-order valence-electron chi connectivity index (χ0n) is 21.5. The molecule has 198 valence electrons. The van der Waals surface area contributed by atoms with E-state index in [0.29, 0.717) is 35.0 Å². The Morgan fingerprint density at radius 1 is 1.03 bits per heavy atom. The number of ether oxygens (including phenoxy) is 1. The van der Waals surface area contributed by atoms with Crippen LogP contribution >= 0.6 is 0 Å². The van der Waals surface area contributed by atoms with Gasteiger partial charge in [0, 0.05) is 36.3 Å². The highest BCUT2D eigenvalue weighted by molar-refractivity contribution is 5.97. The van der Waals surface area contributed by atoms with Gasteiger partial charge in [0.2, 0.25) is 0 Å². The second-order valence-electron chi connectivity index (χ2n) is 10.1. The number of aromatic amines is 2. The summed E-state index contributed by atoms with van der Waals surface area (Å²) in [6, 6.07) is 6.84. The maximum Gasteiger partial charge on any atom is 0.159 e. The Bertz CT molecular complexity index is 1680. The van der Waals surface area contributed by atoms with Crippen LogP contribution < -0.4 is 10.1 Å². The van der Waals surface area contributed by atoms with Crippen molar-refractivity contribution in [2.24, 2.45) is 0 Å². The van der Waals surface area contributed by atoms with E-state index in [-0.39, 0.29) is 5.82 Å². The number of pyridine rings is 2. The largest absolute Gasteiger partial charge is 0.492 e. The second kappa shape index (κ2) is 10.2. The van der Waals surface area contributed by atoms with E-state index in [1.807, 2.05) is 12.3 Å². The molecule has 4 aromatic heterocycles. The van der Waals surface area contributed by atoms with Crippen LogP contribution in [0.1, 0.15) is 25.0 Å². The molecular formula is C29H29FN8O. The van der Waals surface area contributed by atoms with Gasteiger partial charge >= 0.3 is 0 Å². The van der Waals surface area contributed by atoms with Crippen molar-refractivity contribution in [2.45, 2.75) is 19.3 Å². The Morgan fingerprint density at radius 3 is 2.82 bits per heavy atom. The molecule has 39 heavy (non-hydrogen) atoms. The molecule has 0 aliphatic carbocycles. The van der Waals surface area contributed by atoms with E-state index in [1.165, 1.54) is 30.5 Å². The Hall–Kier alpha value is -4.15. The number of nitrogens with zero attached hydrogens (tertiary/aromatic N) is 5. The summed E-state index contributed by atoms with van der Waals surface area (Å²) in [6.45, 7) is 5.35. The fourth-order valence-corrected chi connectivity index (χ4v) is 5.48. The van der Waals surface area contributed by atoms with Crippen LogP contribution in [0.25, 0.3) is 50.2 Å². The molecule has 1 fully saturated rings. The molecule has 0 bridgehead atoms. The molecule has 1 aromatic carbocycles. The van der Waals surface area contributed by atoms with Gasteiger partial charge in [0.15, 0.2) is 5.82 Å². The Labute approximate surface area is 224 Å². The van der Waals surface area contributed by atoms with Crippen LogP contribution in [0, 0.1) is 5.82 Å². The van der Waals surface area contributed by atoms with Crippen LogP contribution in [0.15, 0.2) is 48.9 Å². The van der Waals surface area contributed by atoms with Crippen molar-refractivity contribution >= 4 is 27.5 Å². The molecule has 0 atom stereocenters. The third-order valence-corrected chi connectivity index (χ3v) is 7.52. The van der Waals surface area contributed by atoms with Crippen LogP contribution in [0.4, 0.5) is 4.39 Å². The van der Waals surface area contributed by atoms with E-state index in [0.717, 1.165) is 66.8 Å². The average Bonchev–Trinajstić information content (AvgIpc) is 3.72. The van der Waals surface area contributed by atoms with Crippen molar-refractivity contribution < 1.29 is 9.13 Å². The number of nitrogens with one attached hydrogen (secondary N) is 3. The lowest BCUT2D eigenvalue weighted by molar-refractivity contribution is 0.237. The number of hydrogen-bond donors (Lipinski definition) is 3. The average molecular weight is 525 g/mol. The maximum absolute atomic E-state index is 14.7. The van der Waals surface area contributed by atoms with Crippen LogP contribution in [-0.4, -0.2) is 74.4 Å². The third-order valence-electron chi connectivity index (χ3n) is 7.52. The van der Waals surface area contributed by atoms with Crippen molar-refractivity contribution in [1.29, 1.82) is 0 Å². The minimum absolute atomic E-state index is 0.359. The summed E-state index contributed by atoms with van der Waals surface area (Å²) in [5, 5.41) is 11.9. The molecule has 2 aliphatic heterocycles. The van der Waals surface area contributed by atoms with E-state index < -0.39 is 0 Å². The SMILES string of the molecule is Fc1cc(OCCN2CCCC2)cc(-c2cncc3[nH]c(-c4n[nH]c5cnc(C6=CCNCC6)cc45)nc23)c1. The zero-order valence-corrected chi connectivity index (χ0v) is 21.5. The molecular weight excluding hydrogens is 495 g/mol. The number of fused-ring (bicyclic) bond motifs is 2. The monoisotopic (exact) mass is 524 g/mol.